The van der Waals surface area contributed by atoms with Gasteiger partial charge in [-0.2, -0.15) is 0 Å². The monoisotopic (exact) mass is 275 g/mol. The van der Waals surface area contributed by atoms with E-state index in [-0.39, 0.29) is 12.5 Å². The highest BCUT2D eigenvalue weighted by Crippen LogP contribution is 2.19. The number of nitrogens with one attached hydrogen (secondary N) is 1. The summed E-state index contributed by atoms with van der Waals surface area (Å²) in [5.74, 6) is -0.0489. The highest BCUT2D eigenvalue weighted by Gasteiger charge is 2.01. The first-order valence-corrected chi connectivity index (χ1v) is 6.20. The molecule has 0 aromatic heterocycles. The molecule has 0 fully saturated rings. The van der Waals surface area contributed by atoms with Crippen molar-refractivity contribution in [1.29, 1.82) is 0 Å². The number of carbonyl (C=O) groups excluding carboxylic acids is 1. The lowest BCUT2D eigenvalue weighted by molar-refractivity contribution is -0.121. The molecule has 0 aliphatic rings. The number of rotatable bonds is 6. The van der Waals surface area contributed by atoms with Gasteiger partial charge in [-0.3, -0.25) is 4.79 Å². The van der Waals surface area contributed by atoms with Gasteiger partial charge in [-0.15, -0.1) is 0 Å². The van der Waals surface area contributed by atoms with Gasteiger partial charge < -0.3 is 10.4 Å². The van der Waals surface area contributed by atoms with Gasteiger partial charge in [-0.05, 0) is 36.6 Å². The molecule has 3 nitrogen and oxygen atoms in total. The smallest absolute Gasteiger partial charge is 0.220 e. The van der Waals surface area contributed by atoms with Gasteiger partial charge >= 0.3 is 0 Å². The molecule has 1 aromatic rings. The van der Waals surface area contributed by atoms with E-state index in [4.69, 9.17) is 28.3 Å². The van der Waals surface area contributed by atoms with E-state index < -0.39 is 0 Å². The Morgan fingerprint density at radius 2 is 1.88 bits per heavy atom. The summed E-state index contributed by atoms with van der Waals surface area (Å²) in [7, 11) is 0. The molecule has 2 N–H and O–H groups in total. The van der Waals surface area contributed by atoms with E-state index in [0.29, 0.717) is 35.9 Å². The lowest BCUT2D eigenvalue weighted by Gasteiger charge is -2.05. The molecule has 0 aliphatic heterocycles. The molecule has 0 atom stereocenters. The minimum atomic E-state index is -0.0489. The molecule has 17 heavy (non-hydrogen) atoms. The molecule has 0 spiro atoms. The van der Waals surface area contributed by atoms with Gasteiger partial charge in [0, 0.05) is 29.6 Å². The minimum Gasteiger partial charge on any atom is -0.396 e. The van der Waals surface area contributed by atoms with Crippen LogP contribution in [-0.4, -0.2) is 24.2 Å². The summed E-state index contributed by atoms with van der Waals surface area (Å²) in [5.41, 5.74) is 0.991. The Hall–Kier alpha value is -0.770. The van der Waals surface area contributed by atoms with Crippen molar-refractivity contribution in [2.24, 2.45) is 0 Å². The maximum Gasteiger partial charge on any atom is 0.220 e. The Balaban J connectivity index is 2.33. The topological polar surface area (TPSA) is 49.3 Å². The molecule has 0 heterocycles. The van der Waals surface area contributed by atoms with Crippen LogP contribution in [0.25, 0.3) is 0 Å². The van der Waals surface area contributed by atoms with Crippen molar-refractivity contribution in [3.8, 4) is 0 Å². The molecule has 1 aromatic carbocycles. The van der Waals surface area contributed by atoms with Gasteiger partial charge in [-0.1, -0.05) is 23.2 Å². The Labute approximate surface area is 111 Å². The van der Waals surface area contributed by atoms with E-state index in [1.54, 1.807) is 6.07 Å². The second kappa shape index (κ2) is 7.54. The van der Waals surface area contributed by atoms with Crippen LogP contribution in [0.5, 0.6) is 0 Å². The molecule has 94 valence electrons. The van der Waals surface area contributed by atoms with Crippen LogP contribution in [0.15, 0.2) is 18.2 Å². The normalized spacial score (nSPS) is 10.3. The Morgan fingerprint density at radius 3 is 2.47 bits per heavy atom. The van der Waals surface area contributed by atoms with Crippen molar-refractivity contribution in [3.05, 3.63) is 33.8 Å². The molecular weight excluding hydrogens is 261 g/mol. The first-order valence-electron chi connectivity index (χ1n) is 5.44. The number of hydrogen-bond acceptors (Lipinski definition) is 2. The lowest BCUT2D eigenvalue weighted by atomic mass is 10.1. The predicted octanol–water partition coefficient (Wildman–Crippen LogP) is 2.42. The summed E-state index contributed by atoms with van der Waals surface area (Å²) in [6.45, 7) is 0.582. The number of aliphatic hydroxyl groups excluding tert-OH is 1. The van der Waals surface area contributed by atoms with E-state index in [2.05, 4.69) is 5.32 Å². The number of benzene rings is 1. The molecule has 0 saturated heterocycles. The summed E-state index contributed by atoms with van der Waals surface area (Å²) in [6, 6.07) is 5.33. The van der Waals surface area contributed by atoms with Crippen molar-refractivity contribution in [3.63, 3.8) is 0 Å². The van der Waals surface area contributed by atoms with Crippen LogP contribution in [0.1, 0.15) is 18.4 Å². The Kier molecular flexibility index (Phi) is 6.34. The average molecular weight is 276 g/mol. The second-order valence-corrected chi connectivity index (χ2v) is 4.58. The number of amides is 1. The molecular formula is C12H15Cl2NO2. The van der Waals surface area contributed by atoms with Crippen molar-refractivity contribution in [1.82, 2.24) is 5.32 Å². The van der Waals surface area contributed by atoms with Crippen molar-refractivity contribution in [2.75, 3.05) is 13.2 Å². The highest BCUT2D eigenvalue weighted by atomic mass is 35.5. The zero-order valence-corrected chi connectivity index (χ0v) is 10.9. The highest BCUT2D eigenvalue weighted by molar-refractivity contribution is 6.34. The Bertz CT molecular complexity index is 363. The van der Waals surface area contributed by atoms with Gasteiger partial charge in [0.15, 0.2) is 0 Å². The predicted molar refractivity (Wildman–Crippen MR) is 69.5 cm³/mol. The first-order chi connectivity index (χ1) is 8.11. The van der Waals surface area contributed by atoms with Gasteiger partial charge in [-0.25, -0.2) is 0 Å². The first kappa shape index (κ1) is 14.3. The quantitative estimate of drug-likeness (QED) is 0.838. The van der Waals surface area contributed by atoms with Gasteiger partial charge in [0.05, 0.1) is 0 Å². The van der Waals surface area contributed by atoms with Crippen LogP contribution in [0.2, 0.25) is 10.0 Å². The fourth-order valence-electron chi connectivity index (χ4n) is 1.43. The molecule has 1 amide bonds. The van der Waals surface area contributed by atoms with Gasteiger partial charge in [0.25, 0.3) is 0 Å². The van der Waals surface area contributed by atoms with Crippen molar-refractivity contribution in [2.45, 2.75) is 19.3 Å². The van der Waals surface area contributed by atoms with E-state index in [1.165, 1.54) is 0 Å². The molecule has 0 unspecified atom stereocenters. The van der Waals surface area contributed by atoms with Crippen molar-refractivity contribution >= 4 is 29.1 Å². The van der Waals surface area contributed by atoms with Gasteiger partial charge in [0.1, 0.15) is 0 Å². The zero-order chi connectivity index (χ0) is 12.7. The SMILES string of the molecule is O=C(CCCO)NCCc1cc(Cl)cc(Cl)c1. The van der Waals surface area contributed by atoms with Crippen LogP contribution in [0.3, 0.4) is 0 Å². The molecule has 0 saturated carbocycles. The van der Waals surface area contributed by atoms with Crippen LogP contribution >= 0.6 is 23.2 Å². The fraction of sp³-hybridized carbons (Fsp3) is 0.417. The molecule has 0 bridgehead atoms. The Morgan fingerprint density at radius 1 is 1.24 bits per heavy atom. The fourth-order valence-corrected chi connectivity index (χ4v) is 2.00. The van der Waals surface area contributed by atoms with Crippen molar-refractivity contribution < 1.29 is 9.90 Å². The lowest BCUT2D eigenvalue weighted by Crippen LogP contribution is -2.25. The average Bonchev–Trinajstić information content (AvgIpc) is 2.25. The van der Waals surface area contributed by atoms with E-state index in [9.17, 15) is 4.79 Å². The number of aliphatic hydroxyl groups is 1. The third kappa shape index (κ3) is 5.91. The van der Waals surface area contributed by atoms with E-state index >= 15 is 0 Å². The van der Waals surface area contributed by atoms with Crippen LogP contribution in [-0.2, 0) is 11.2 Å². The summed E-state index contributed by atoms with van der Waals surface area (Å²) >= 11 is 11.7. The molecule has 0 aliphatic carbocycles. The number of hydrogen-bond donors (Lipinski definition) is 2. The molecule has 0 radical (unpaired) electrons. The van der Waals surface area contributed by atoms with E-state index in [1.807, 2.05) is 12.1 Å². The van der Waals surface area contributed by atoms with Crippen LogP contribution < -0.4 is 5.32 Å². The third-order valence-electron chi connectivity index (χ3n) is 2.22. The maximum atomic E-state index is 11.3. The summed E-state index contributed by atoms with van der Waals surface area (Å²) in [5, 5.41) is 12.5. The number of carbonyl (C=O) groups is 1. The standard InChI is InChI=1S/C12H15Cl2NO2/c13-10-6-9(7-11(14)8-10)3-4-15-12(17)2-1-5-16/h6-8,16H,1-5H2,(H,15,17). The third-order valence-corrected chi connectivity index (χ3v) is 2.66. The zero-order valence-electron chi connectivity index (χ0n) is 9.38. The summed E-state index contributed by atoms with van der Waals surface area (Å²) in [6.07, 6.45) is 1.53. The molecule has 1 rings (SSSR count). The molecule has 5 heteroatoms. The largest absolute Gasteiger partial charge is 0.396 e. The van der Waals surface area contributed by atoms with E-state index in [0.717, 1.165) is 5.56 Å². The number of halogens is 2. The van der Waals surface area contributed by atoms with Crippen LogP contribution in [0.4, 0.5) is 0 Å². The summed E-state index contributed by atoms with van der Waals surface area (Å²) in [4.78, 5) is 11.3. The maximum absolute atomic E-state index is 11.3. The van der Waals surface area contributed by atoms with Crippen LogP contribution in [0, 0.1) is 0 Å². The summed E-state index contributed by atoms with van der Waals surface area (Å²) < 4.78 is 0. The van der Waals surface area contributed by atoms with Gasteiger partial charge in [0.2, 0.25) is 5.91 Å². The second-order valence-electron chi connectivity index (χ2n) is 3.70. The minimum absolute atomic E-state index is 0.0390.